The number of hydrogen-bond donors (Lipinski definition) is 2. The first-order valence-corrected chi connectivity index (χ1v) is 7.29. The molecular formula is C11H24N2O2S. The molecule has 5 heteroatoms. The van der Waals surface area contributed by atoms with Crippen molar-refractivity contribution in [2.24, 2.45) is 0 Å². The van der Waals surface area contributed by atoms with E-state index in [1.165, 1.54) is 0 Å². The van der Waals surface area contributed by atoms with Crippen molar-refractivity contribution in [3.8, 4) is 0 Å². The molecule has 0 spiro atoms. The molecule has 1 amide bonds. The second-order valence-electron chi connectivity index (χ2n) is 4.51. The summed E-state index contributed by atoms with van der Waals surface area (Å²) in [5.41, 5.74) is -0.538. The molecular weight excluding hydrogens is 224 g/mol. The fourth-order valence-electron chi connectivity index (χ4n) is 1.30. The molecule has 0 aliphatic heterocycles. The van der Waals surface area contributed by atoms with Gasteiger partial charge in [-0.2, -0.15) is 0 Å². The van der Waals surface area contributed by atoms with Gasteiger partial charge in [0, 0.05) is 28.9 Å². The largest absolute Gasteiger partial charge is 0.354 e. The summed E-state index contributed by atoms with van der Waals surface area (Å²) >= 11 is 0. The van der Waals surface area contributed by atoms with Gasteiger partial charge in [-0.1, -0.05) is 13.8 Å². The maximum atomic E-state index is 11.8. The highest BCUT2D eigenvalue weighted by Crippen LogP contribution is 2.02. The molecule has 0 saturated heterocycles. The van der Waals surface area contributed by atoms with Crippen LogP contribution >= 0.6 is 0 Å². The summed E-state index contributed by atoms with van der Waals surface area (Å²) in [6.45, 7) is 8.94. The molecule has 0 aromatic rings. The van der Waals surface area contributed by atoms with Crippen molar-refractivity contribution in [3.05, 3.63) is 0 Å². The maximum absolute atomic E-state index is 11.8. The predicted molar refractivity (Wildman–Crippen MR) is 68.9 cm³/mol. The predicted octanol–water partition coefficient (Wildman–Crippen LogP) is 0.648. The van der Waals surface area contributed by atoms with Crippen LogP contribution in [0.4, 0.5) is 0 Å². The molecule has 2 atom stereocenters. The smallest absolute Gasteiger partial charge is 0.239 e. The fraction of sp³-hybridized carbons (Fsp3) is 0.909. The van der Waals surface area contributed by atoms with Crippen LogP contribution < -0.4 is 10.6 Å². The lowest BCUT2D eigenvalue weighted by Crippen LogP contribution is -2.52. The van der Waals surface area contributed by atoms with Crippen molar-refractivity contribution in [2.75, 3.05) is 19.3 Å². The van der Waals surface area contributed by atoms with Crippen molar-refractivity contribution < 1.29 is 9.00 Å². The van der Waals surface area contributed by atoms with Crippen LogP contribution in [0.5, 0.6) is 0 Å². The number of carbonyl (C=O) groups is 1. The molecule has 16 heavy (non-hydrogen) atoms. The Balaban J connectivity index is 3.94. The van der Waals surface area contributed by atoms with E-state index in [4.69, 9.17) is 0 Å². The Morgan fingerprint density at radius 1 is 1.44 bits per heavy atom. The van der Waals surface area contributed by atoms with Gasteiger partial charge < -0.3 is 10.6 Å². The van der Waals surface area contributed by atoms with Gasteiger partial charge in [-0.3, -0.25) is 9.00 Å². The van der Waals surface area contributed by atoms with E-state index in [2.05, 4.69) is 10.6 Å². The summed E-state index contributed by atoms with van der Waals surface area (Å²) in [7, 11) is -0.817. The molecule has 0 aromatic heterocycles. The number of hydrogen-bond acceptors (Lipinski definition) is 3. The zero-order valence-corrected chi connectivity index (χ0v) is 11.7. The van der Waals surface area contributed by atoms with Crippen LogP contribution in [0.25, 0.3) is 0 Å². The molecule has 0 heterocycles. The van der Waals surface area contributed by atoms with E-state index in [1.807, 2.05) is 27.7 Å². The molecule has 0 saturated carbocycles. The first-order valence-electron chi connectivity index (χ1n) is 5.66. The molecule has 0 aliphatic rings. The molecule has 0 aromatic carbocycles. The van der Waals surface area contributed by atoms with Gasteiger partial charge in [0.25, 0.3) is 0 Å². The molecule has 0 radical (unpaired) electrons. The quantitative estimate of drug-likeness (QED) is 0.695. The molecule has 0 rings (SSSR count). The number of carbonyl (C=O) groups excluding carboxylic acids is 1. The van der Waals surface area contributed by atoms with Crippen LogP contribution in [0, 0.1) is 0 Å². The summed E-state index contributed by atoms with van der Waals surface area (Å²) in [5.74, 6) is -0.0107. The monoisotopic (exact) mass is 248 g/mol. The highest BCUT2D eigenvalue weighted by Gasteiger charge is 2.25. The average Bonchev–Trinajstić information content (AvgIpc) is 2.16. The van der Waals surface area contributed by atoms with Crippen molar-refractivity contribution in [1.29, 1.82) is 0 Å². The Kier molecular flexibility index (Phi) is 6.83. The number of amides is 1. The molecule has 2 unspecified atom stereocenters. The van der Waals surface area contributed by atoms with Gasteiger partial charge in [0.05, 0.1) is 5.54 Å². The van der Waals surface area contributed by atoms with Crippen molar-refractivity contribution in [2.45, 2.75) is 44.9 Å². The highest BCUT2D eigenvalue weighted by molar-refractivity contribution is 7.84. The SMILES string of the molecule is CCNC(C)(C)C(=O)NCCC(C)S(C)=O. The van der Waals surface area contributed by atoms with Gasteiger partial charge in [0.2, 0.25) is 5.91 Å². The first kappa shape index (κ1) is 15.6. The van der Waals surface area contributed by atoms with Crippen molar-refractivity contribution in [3.63, 3.8) is 0 Å². The molecule has 96 valence electrons. The van der Waals surface area contributed by atoms with Crippen LogP contribution in [0.2, 0.25) is 0 Å². The third-order valence-corrected chi connectivity index (χ3v) is 3.96. The average molecular weight is 248 g/mol. The van der Waals surface area contributed by atoms with Gasteiger partial charge in [0.1, 0.15) is 0 Å². The number of nitrogens with one attached hydrogen (secondary N) is 2. The topological polar surface area (TPSA) is 58.2 Å². The van der Waals surface area contributed by atoms with E-state index in [1.54, 1.807) is 6.26 Å². The second-order valence-corrected chi connectivity index (χ2v) is 6.31. The standard InChI is InChI=1S/C11H24N2O2S/c1-6-13-11(3,4)10(14)12-8-7-9(2)16(5)15/h9,13H,6-8H2,1-5H3,(H,12,14). The zero-order valence-electron chi connectivity index (χ0n) is 10.9. The van der Waals surface area contributed by atoms with Crippen LogP contribution in [0.15, 0.2) is 0 Å². The second kappa shape index (κ2) is 7.01. The Morgan fingerprint density at radius 2 is 2.00 bits per heavy atom. The van der Waals surface area contributed by atoms with Gasteiger partial charge in [0.15, 0.2) is 0 Å². The summed E-state index contributed by atoms with van der Waals surface area (Å²) in [6.07, 6.45) is 2.44. The summed E-state index contributed by atoms with van der Waals surface area (Å²) in [6, 6.07) is 0. The summed E-state index contributed by atoms with van der Waals surface area (Å²) < 4.78 is 11.1. The van der Waals surface area contributed by atoms with Crippen molar-refractivity contribution in [1.82, 2.24) is 10.6 Å². The molecule has 0 bridgehead atoms. The van der Waals surface area contributed by atoms with Gasteiger partial charge >= 0.3 is 0 Å². The van der Waals surface area contributed by atoms with Crippen LogP contribution in [-0.4, -0.2) is 40.3 Å². The van der Waals surface area contributed by atoms with Gasteiger partial charge in [-0.15, -0.1) is 0 Å². The van der Waals surface area contributed by atoms with E-state index in [0.29, 0.717) is 6.54 Å². The molecule has 0 aliphatic carbocycles. The Bertz CT molecular complexity index is 254. The lowest BCUT2D eigenvalue weighted by Gasteiger charge is -2.24. The van der Waals surface area contributed by atoms with E-state index in [-0.39, 0.29) is 11.2 Å². The Labute approximate surface area is 101 Å². The maximum Gasteiger partial charge on any atom is 0.239 e. The van der Waals surface area contributed by atoms with E-state index in [9.17, 15) is 9.00 Å². The first-order chi connectivity index (χ1) is 7.31. The molecule has 2 N–H and O–H groups in total. The summed E-state index contributed by atoms with van der Waals surface area (Å²) in [4.78, 5) is 11.8. The normalized spacial score (nSPS) is 15.6. The van der Waals surface area contributed by atoms with E-state index >= 15 is 0 Å². The minimum atomic E-state index is -0.817. The van der Waals surface area contributed by atoms with E-state index < -0.39 is 16.3 Å². The molecule has 0 fully saturated rings. The Morgan fingerprint density at radius 3 is 2.44 bits per heavy atom. The molecule has 4 nitrogen and oxygen atoms in total. The van der Waals surface area contributed by atoms with Crippen LogP contribution in [0.1, 0.15) is 34.1 Å². The third kappa shape index (κ3) is 5.61. The lowest BCUT2D eigenvalue weighted by atomic mass is 10.0. The van der Waals surface area contributed by atoms with Gasteiger partial charge in [-0.05, 0) is 26.8 Å². The lowest BCUT2D eigenvalue weighted by molar-refractivity contribution is -0.126. The number of rotatable bonds is 7. The van der Waals surface area contributed by atoms with Crippen LogP contribution in [-0.2, 0) is 15.6 Å². The van der Waals surface area contributed by atoms with Crippen molar-refractivity contribution >= 4 is 16.7 Å². The fourth-order valence-corrected chi connectivity index (χ4v) is 1.75. The zero-order chi connectivity index (χ0) is 12.8. The Hall–Kier alpha value is -0.420. The van der Waals surface area contributed by atoms with E-state index in [0.717, 1.165) is 13.0 Å². The van der Waals surface area contributed by atoms with Gasteiger partial charge in [-0.25, -0.2) is 0 Å². The summed E-state index contributed by atoms with van der Waals surface area (Å²) in [5, 5.41) is 6.10. The van der Waals surface area contributed by atoms with Crippen LogP contribution in [0.3, 0.4) is 0 Å². The highest BCUT2D eigenvalue weighted by atomic mass is 32.2. The number of likely N-dealkylation sites (N-methyl/N-ethyl adjacent to an activating group) is 1. The third-order valence-electron chi connectivity index (χ3n) is 2.59. The minimum Gasteiger partial charge on any atom is -0.354 e. The minimum absolute atomic E-state index is 0.0107.